The zero-order valence-corrected chi connectivity index (χ0v) is 5.09. The Morgan fingerprint density at radius 2 is 2.38 bits per heavy atom. The van der Waals surface area contributed by atoms with E-state index in [4.69, 9.17) is 10.8 Å². The van der Waals surface area contributed by atoms with Crippen molar-refractivity contribution in [3.05, 3.63) is 12.0 Å². The third kappa shape index (κ3) is 3.49. The van der Waals surface area contributed by atoms with Gasteiger partial charge in [-0.25, -0.2) is 0 Å². The second-order valence-electron chi connectivity index (χ2n) is 1.57. The Balaban J connectivity index is 3.56. The van der Waals surface area contributed by atoms with Crippen molar-refractivity contribution in [2.45, 2.75) is 13.0 Å². The highest BCUT2D eigenvalue weighted by molar-refractivity contribution is 4.88. The molecule has 0 saturated heterocycles. The van der Waals surface area contributed by atoms with Crippen molar-refractivity contribution >= 4 is 0 Å². The maximum Gasteiger partial charge on any atom is 0.273 e. The smallest absolute Gasteiger partial charge is 0.273 e. The lowest BCUT2D eigenvalue weighted by molar-refractivity contribution is 0.134. The molecule has 0 radical (unpaired) electrons. The highest BCUT2D eigenvalue weighted by atomic mass is 16.6. The van der Waals surface area contributed by atoms with E-state index < -0.39 is 0 Å². The van der Waals surface area contributed by atoms with E-state index in [-0.39, 0.29) is 12.0 Å². The van der Waals surface area contributed by atoms with Crippen LogP contribution >= 0.6 is 0 Å². The Bertz CT molecular complexity index is 88.4. The minimum absolute atomic E-state index is 0.125. The normalized spacial score (nSPS) is 15.6. The van der Waals surface area contributed by atoms with Gasteiger partial charge in [0.25, 0.3) is 5.95 Å². The first-order valence-electron chi connectivity index (χ1n) is 2.37. The molecule has 0 aromatic heterocycles. The van der Waals surface area contributed by atoms with E-state index in [1.54, 1.807) is 6.92 Å². The van der Waals surface area contributed by atoms with Crippen LogP contribution in [0.5, 0.6) is 0 Å². The van der Waals surface area contributed by atoms with E-state index in [2.05, 4.69) is 4.74 Å². The van der Waals surface area contributed by atoms with Crippen LogP contribution < -0.4 is 5.73 Å². The Kier molecular flexibility index (Phi) is 3.03. The molecular weight excluding hydrogens is 106 g/mol. The number of aliphatic hydroxyl groups is 1. The van der Waals surface area contributed by atoms with E-state index in [9.17, 15) is 0 Å². The number of ether oxygens (including phenoxy) is 1. The van der Waals surface area contributed by atoms with Crippen LogP contribution in [0.1, 0.15) is 6.92 Å². The zero-order chi connectivity index (χ0) is 6.57. The number of rotatable bonds is 2. The standard InChI is InChI=1S/C5H11NO2/c1-4(6)3-5(7)8-2/h3-4,7H,6H2,1-2H3/b5-3+/t4-/m1/s1. The van der Waals surface area contributed by atoms with Crippen molar-refractivity contribution in [1.29, 1.82) is 0 Å². The molecule has 0 saturated carbocycles. The topological polar surface area (TPSA) is 55.5 Å². The zero-order valence-electron chi connectivity index (χ0n) is 5.09. The summed E-state index contributed by atoms with van der Waals surface area (Å²) in [5.74, 6) is -0.125. The summed E-state index contributed by atoms with van der Waals surface area (Å²) in [6, 6.07) is -0.157. The van der Waals surface area contributed by atoms with Gasteiger partial charge in [0.15, 0.2) is 0 Å². The summed E-state index contributed by atoms with van der Waals surface area (Å²) in [7, 11) is 1.38. The van der Waals surface area contributed by atoms with Gasteiger partial charge in [0.2, 0.25) is 0 Å². The van der Waals surface area contributed by atoms with Crippen LogP contribution in [0.25, 0.3) is 0 Å². The van der Waals surface area contributed by atoms with Crippen LogP contribution in [-0.2, 0) is 4.74 Å². The fourth-order valence-electron chi connectivity index (χ4n) is 0.293. The van der Waals surface area contributed by atoms with Crippen LogP contribution in [0.2, 0.25) is 0 Å². The quantitative estimate of drug-likeness (QED) is 0.514. The molecule has 0 rings (SSSR count). The number of aliphatic hydroxyl groups excluding tert-OH is 1. The summed E-state index contributed by atoms with van der Waals surface area (Å²) in [6.07, 6.45) is 1.42. The molecule has 48 valence electrons. The monoisotopic (exact) mass is 117 g/mol. The van der Waals surface area contributed by atoms with Crippen molar-refractivity contribution in [3.8, 4) is 0 Å². The number of hydrogen-bond acceptors (Lipinski definition) is 3. The fraction of sp³-hybridized carbons (Fsp3) is 0.600. The van der Waals surface area contributed by atoms with Crippen molar-refractivity contribution in [2.75, 3.05) is 7.11 Å². The molecule has 8 heavy (non-hydrogen) atoms. The van der Waals surface area contributed by atoms with Gasteiger partial charge in [0.1, 0.15) is 0 Å². The van der Waals surface area contributed by atoms with Gasteiger partial charge in [-0.15, -0.1) is 0 Å². The van der Waals surface area contributed by atoms with E-state index in [0.717, 1.165) is 0 Å². The third-order valence-corrected chi connectivity index (χ3v) is 0.615. The first-order valence-corrected chi connectivity index (χ1v) is 2.37. The molecule has 0 aliphatic carbocycles. The average Bonchev–Trinajstić information content (AvgIpc) is 1.65. The number of hydrogen-bond donors (Lipinski definition) is 2. The molecule has 0 aromatic rings. The van der Waals surface area contributed by atoms with Gasteiger partial charge in [-0.2, -0.15) is 0 Å². The third-order valence-electron chi connectivity index (χ3n) is 0.615. The second-order valence-corrected chi connectivity index (χ2v) is 1.57. The molecule has 0 amide bonds. The predicted octanol–water partition coefficient (Wildman–Crippen LogP) is 0.379. The lowest BCUT2D eigenvalue weighted by Gasteiger charge is -1.97. The highest BCUT2D eigenvalue weighted by Crippen LogP contribution is 1.88. The minimum atomic E-state index is -0.157. The van der Waals surface area contributed by atoms with Crippen LogP contribution in [0.4, 0.5) is 0 Å². The number of nitrogens with two attached hydrogens (primary N) is 1. The molecule has 0 aliphatic rings. The summed E-state index contributed by atoms with van der Waals surface area (Å²) in [6.45, 7) is 1.75. The van der Waals surface area contributed by atoms with Gasteiger partial charge in [-0.3, -0.25) is 0 Å². The molecule has 0 unspecified atom stereocenters. The Morgan fingerprint density at radius 3 is 2.50 bits per heavy atom. The molecule has 3 heteroatoms. The highest BCUT2D eigenvalue weighted by Gasteiger charge is 1.90. The molecule has 3 nitrogen and oxygen atoms in total. The summed E-state index contributed by atoms with van der Waals surface area (Å²) in [5.41, 5.74) is 5.25. The lowest BCUT2D eigenvalue weighted by Crippen LogP contribution is -2.11. The molecule has 0 aromatic carbocycles. The first-order chi connectivity index (χ1) is 3.66. The average molecular weight is 117 g/mol. The summed E-state index contributed by atoms with van der Waals surface area (Å²) < 4.78 is 4.40. The summed E-state index contributed by atoms with van der Waals surface area (Å²) >= 11 is 0. The Morgan fingerprint density at radius 1 is 1.88 bits per heavy atom. The molecule has 0 bridgehead atoms. The van der Waals surface area contributed by atoms with Crippen LogP contribution in [0, 0.1) is 0 Å². The van der Waals surface area contributed by atoms with Crippen molar-refractivity contribution in [2.24, 2.45) is 5.73 Å². The van der Waals surface area contributed by atoms with Crippen molar-refractivity contribution < 1.29 is 9.84 Å². The molecule has 0 aliphatic heterocycles. The second kappa shape index (κ2) is 3.32. The molecule has 0 heterocycles. The predicted molar refractivity (Wildman–Crippen MR) is 31.4 cm³/mol. The lowest BCUT2D eigenvalue weighted by atomic mass is 10.4. The summed E-state index contributed by atoms with van der Waals surface area (Å²) in [4.78, 5) is 0. The Labute approximate surface area is 48.8 Å². The van der Waals surface area contributed by atoms with Crippen LogP contribution in [0.15, 0.2) is 12.0 Å². The van der Waals surface area contributed by atoms with Gasteiger partial charge in [-0.05, 0) is 6.92 Å². The van der Waals surface area contributed by atoms with E-state index in [0.29, 0.717) is 0 Å². The Hall–Kier alpha value is -0.700. The largest absolute Gasteiger partial charge is 0.481 e. The van der Waals surface area contributed by atoms with Crippen molar-refractivity contribution in [3.63, 3.8) is 0 Å². The SMILES string of the molecule is CO/C(O)=C/[C@@H](C)N. The molecule has 1 atom stereocenters. The van der Waals surface area contributed by atoms with Crippen LogP contribution in [0.3, 0.4) is 0 Å². The van der Waals surface area contributed by atoms with Gasteiger partial charge in [0.05, 0.1) is 7.11 Å². The first kappa shape index (κ1) is 7.30. The molecular formula is C5H11NO2. The minimum Gasteiger partial charge on any atom is -0.481 e. The van der Waals surface area contributed by atoms with E-state index in [1.807, 2.05) is 0 Å². The maximum atomic E-state index is 8.59. The van der Waals surface area contributed by atoms with Gasteiger partial charge < -0.3 is 15.6 Å². The maximum absolute atomic E-state index is 8.59. The molecule has 3 N–H and O–H groups in total. The molecule has 0 spiro atoms. The summed E-state index contributed by atoms with van der Waals surface area (Å²) in [5, 5.41) is 8.59. The van der Waals surface area contributed by atoms with Gasteiger partial charge in [0, 0.05) is 12.1 Å². The number of methoxy groups -OCH3 is 1. The fourth-order valence-corrected chi connectivity index (χ4v) is 0.293. The molecule has 0 fully saturated rings. The van der Waals surface area contributed by atoms with Gasteiger partial charge in [-0.1, -0.05) is 0 Å². The van der Waals surface area contributed by atoms with E-state index >= 15 is 0 Å². The van der Waals surface area contributed by atoms with Crippen LogP contribution in [-0.4, -0.2) is 18.3 Å². The van der Waals surface area contributed by atoms with Gasteiger partial charge >= 0.3 is 0 Å². The van der Waals surface area contributed by atoms with Crippen molar-refractivity contribution in [1.82, 2.24) is 0 Å². The van der Waals surface area contributed by atoms with E-state index in [1.165, 1.54) is 13.2 Å².